The lowest BCUT2D eigenvalue weighted by atomic mass is 9.98. The molecule has 0 radical (unpaired) electrons. The third kappa shape index (κ3) is 28.4. The molecule has 0 aromatic carbocycles. The lowest BCUT2D eigenvalue weighted by Crippen LogP contribution is -2.62. The lowest BCUT2D eigenvalue weighted by molar-refractivity contribution is -0.326. The topological polar surface area (TPSA) is 379 Å². The fraction of sp³-hybridized carbons (Fsp3) is 0.951. The van der Waals surface area contributed by atoms with Gasteiger partial charge in [-0.2, -0.15) is 0 Å². The quantitative estimate of drug-likeness (QED) is 0.0379. The van der Waals surface area contributed by atoms with Crippen molar-refractivity contribution >= 4 is 11.8 Å². The summed E-state index contributed by atoms with van der Waals surface area (Å²) >= 11 is 0. The van der Waals surface area contributed by atoms with Gasteiger partial charge in [0.2, 0.25) is 0 Å². The van der Waals surface area contributed by atoms with Crippen molar-refractivity contribution in [2.75, 3.05) is 73.2 Å². The molecule has 23 nitrogen and oxygen atoms in total. The number of hydrogen-bond donors (Lipinski definition) is 18. The molecule has 0 bridgehead atoms. The number of rotatable bonds is 25. The Morgan fingerprint density at radius 2 is 0.984 bits per heavy atom. The van der Waals surface area contributed by atoms with Gasteiger partial charge < -0.3 is 107 Å². The summed E-state index contributed by atoms with van der Waals surface area (Å²) < 4.78 is 10.4. The Kier molecular flexibility index (Phi) is 32.2. The second kappa shape index (κ2) is 32.0. The number of ether oxygens (including phenoxy) is 2. The molecule has 2 unspecified atom stereocenters. The largest absolute Gasteiger partial charge is 0.394 e. The molecule has 0 aliphatic carbocycles. The Hall–Kier alpha value is -1.82. The summed E-state index contributed by atoms with van der Waals surface area (Å²) in [5.74, 6) is -1.80. The third-order valence-electron chi connectivity index (χ3n) is 9.21. The highest BCUT2D eigenvalue weighted by Gasteiger charge is 2.47. The summed E-state index contributed by atoms with van der Waals surface area (Å²) in [6.07, 6.45) is -20.9. The number of hydrogen-bond acceptors (Lipinski definition) is 21. The van der Waals surface area contributed by atoms with Crippen LogP contribution in [0.2, 0.25) is 0 Å². The van der Waals surface area contributed by atoms with E-state index in [0.29, 0.717) is 32.5 Å². The Balaban J connectivity index is 0. The molecule has 23 heteroatoms. The normalized spacial score (nSPS) is 23.2. The first kappa shape index (κ1) is 64.3. The molecule has 1 aliphatic heterocycles. The Morgan fingerprint density at radius 3 is 1.36 bits per heavy atom. The molecule has 384 valence electrons. The number of nitrogens with zero attached hydrogens (tertiary/aromatic N) is 1. The van der Waals surface area contributed by atoms with Crippen LogP contribution >= 0.6 is 0 Å². The average molecular weight is 937 g/mol. The van der Waals surface area contributed by atoms with E-state index in [9.17, 15) is 65.8 Å². The standard InChI is InChI=1S/C19H38N2O11.C13H28N2O6.C9H22N2/c1-19(2,3)21-6-4-5-20-17(30)14(28)13(27)16(9(24)7-22)32-18-15(29)12(26)11(25)10(8-23)31-18;1-13(2,3)15-6-4-5-14-12(21)11(20)10(19)9(18)8(17)7-16;1-9(2,3)10-7-6-8-11(4)5/h9-16,18,21-29H,4-8H2,1-3H3,(H,20,30);8-11,15-20H,4-7H2,1-3H3,(H,14,21);10H,6-8H2,1-5H3/t9-,10?,11+,12+,13-,14-,15?,16-,18+;8-,9-,10+,11-;/m11./s1. The number of aliphatic hydroxyl groups excluding tert-OH is 13. The van der Waals surface area contributed by atoms with Crippen LogP contribution in [0.5, 0.6) is 0 Å². The van der Waals surface area contributed by atoms with Crippen molar-refractivity contribution in [1.29, 1.82) is 0 Å². The maximum Gasteiger partial charge on any atom is 0.251 e. The Labute approximate surface area is 379 Å². The minimum Gasteiger partial charge on any atom is -0.394 e. The number of carbonyl (C=O) groups is 2. The van der Waals surface area contributed by atoms with E-state index in [-0.39, 0.29) is 23.2 Å². The van der Waals surface area contributed by atoms with Gasteiger partial charge in [0.1, 0.15) is 61.0 Å². The second-order valence-corrected chi connectivity index (χ2v) is 19.1. The first-order valence-electron chi connectivity index (χ1n) is 21.7. The fourth-order valence-electron chi connectivity index (χ4n) is 5.44. The Morgan fingerprint density at radius 1 is 0.578 bits per heavy atom. The van der Waals surface area contributed by atoms with Crippen LogP contribution in [0.4, 0.5) is 0 Å². The summed E-state index contributed by atoms with van der Waals surface area (Å²) in [4.78, 5) is 26.0. The third-order valence-corrected chi connectivity index (χ3v) is 9.21. The molecule has 1 saturated heterocycles. The average Bonchev–Trinajstić information content (AvgIpc) is 3.21. The van der Waals surface area contributed by atoms with Gasteiger partial charge in [-0.25, -0.2) is 0 Å². The molecule has 2 amide bonds. The summed E-state index contributed by atoms with van der Waals surface area (Å²) in [7, 11) is 4.22. The lowest BCUT2D eigenvalue weighted by Gasteiger charge is -2.42. The zero-order valence-electron chi connectivity index (χ0n) is 39.9. The van der Waals surface area contributed by atoms with E-state index < -0.39 is 111 Å². The molecule has 13 atom stereocenters. The minimum atomic E-state index is -2.07. The number of amides is 2. The molecular formula is C41H88N6O17. The van der Waals surface area contributed by atoms with Crippen molar-refractivity contribution in [1.82, 2.24) is 31.5 Å². The summed E-state index contributed by atoms with van der Waals surface area (Å²) in [5.41, 5.74) is 0.145. The van der Waals surface area contributed by atoms with Crippen LogP contribution in [0.3, 0.4) is 0 Å². The van der Waals surface area contributed by atoms with Gasteiger partial charge in [-0.3, -0.25) is 9.59 Å². The van der Waals surface area contributed by atoms with E-state index in [1.54, 1.807) is 0 Å². The zero-order chi connectivity index (χ0) is 50.2. The maximum atomic E-state index is 12.2. The molecular weight excluding hydrogens is 848 g/mol. The van der Waals surface area contributed by atoms with Crippen LogP contribution in [0.25, 0.3) is 0 Å². The van der Waals surface area contributed by atoms with Crippen molar-refractivity contribution < 1.29 is 85.4 Å². The van der Waals surface area contributed by atoms with E-state index in [2.05, 4.69) is 66.4 Å². The molecule has 1 rings (SSSR count). The predicted octanol–water partition coefficient (Wildman–Crippen LogP) is -6.22. The van der Waals surface area contributed by atoms with Crippen molar-refractivity contribution in [2.45, 2.75) is 178 Å². The van der Waals surface area contributed by atoms with Gasteiger partial charge in [0.05, 0.1) is 19.8 Å². The van der Waals surface area contributed by atoms with Crippen molar-refractivity contribution in [3.63, 3.8) is 0 Å². The highest BCUT2D eigenvalue weighted by molar-refractivity contribution is 5.81. The number of nitrogens with one attached hydrogen (secondary N) is 5. The molecule has 18 N–H and O–H groups in total. The van der Waals surface area contributed by atoms with Crippen LogP contribution in [-0.2, 0) is 19.1 Å². The first-order chi connectivity index (χ1) is 29.3. The highest BCUT2D eigenvalue weighted by atomic mass is 16.7. The van der Waals surface area contributed by atoms with Crippen LogP contribution in [0, 0.1) is 0 Å². The van der Waals surface area contributed by atoms with Crippen LogP contribution < -0.4 is 26.6 Å². The van der Waals surface area contributed by atoms with E-state index in [1.165, 1.54) is 13.0 Å². The van der Waals surface area contributed by atoms with E-state index >= 15 is 0 Å². The molecule has 1 fully saturated rings. The molecule has 0 saturated carbocycles. The SMILES string of the molecule is CC(C)(C)NCCCNC(=O)[C@H](O)[C@@H](O)[C@H](O)[C@H](O)CO.CC(C)(C)NCCCNC(=O)[C@H](O)[C@@H](O)[C@H](O[C@@H]1OC(CO)[C@H](O)[C@H](O)C1O)[C@H](O)CO.CN(C)CCCNC(C)(C)C. The molecule has 1 heterocycles. The van der Waals surface area contributed by atoms with Crippen LogP contribution in [0.15, 0.2) is 0 Å². The zero-order valence-corrected chi connectivity index (χ0v) is 39.9. The smallest absolute Gasteiger partial charge is 0.251 e. The van der Waals surface area contributed by atoms with Gasteiger partial charge in [0.25, 0.3) is 11.8 Å². The van der Waals surface area contributed by atoms with Gasteiger partial charge in [-0.1, -0.05) is 0 Å². The minimum absolute atomic E-state index is 0.0236. The number of aliphatic hydroxyl groups is 13. The van der Waals surface area contributed by atoms with Gasteiger partial charge in [-0.15, -0.1) is 0 Å². The maximum absolute atomic E-state index is 12.2. The second-order valence-electron chi connectivity index (χ2n) is 19.1. The van der Waals surface area contributed by atoms with Crippen molar-refractivity contribution in [3.05, 3.63) is 0 Å². The molecule has 0 aromatic heterocycles. The summed E-state index contributed by atoms with van der Waals surface area (Å²) in [6, 6.07) is 0. The van der Waals surface area contributed by atoms with Gasteiger partial charge in [0, 0.05) is 29.7 Å². The van der Waals surface area contributed by atoms with E-state index in [4.69, 9.17) is 19.7 Å². The van der Waals surface area contributed by atoms with Crippen LogP contribution in [0.1, 0.15) is 81.6 Å². The first-order valence-corrected chi connectivity index (χ1v) is 21.7. The monoisotopic (exact) mass is 937 g/mol. The van der Waals surface area contributed by atoms with Gasteiger partial charge in [-0.05, 0) is 122 Å². The molecule has 64 heavy (non-hydrogen) atoms. The summed E-state index contributed by atoms with van der Waals surface area (Å²) in [6.45, 7) is 20.1. The van der Waals surface area contributed by atoms with Crippen LogP contribution in [-0.4, -0.2) is 252 Å². The van der Waals surface area contributed by atoms with Gasteiger partial charge >= 0.3 is 0 Å². The summed E-state index contributed by atoms with van der Waals surface area (Å²) in [5, 5.41) is 140. The van der Waals surface area contributed by atoms with E-state index in [1.807, 2.05) is 41.5 Å². The highest BCUT2D eigenvalue weighted by Crippen LogP contribution is 2.25. The van der Waals surface area contributed by atoms with Gasteiger partial charge in [0.15, 0.2) is 18.5 Å². The molecule has 0 spiro atoms. The van der Waals surface area contributed by atoms with Crippen molar-refractivity contribution in [2.24, 2.45) is 0 Å². The van der Waals surface area contributed by atoms with E-state index in [0.717, 1.165) is 6.54 Å². The molecule has 1 aliphatic rings. The predicted molar refractivity (Wildman–Crippen MR) is 237 cm³/mol. The Bertz CT molecular complexity index is 1220. The fourth-order valence-corrected chi connectivity index (χ4v) is 5.44. The van der Waals surface area contributed by atoms with Crippen molar-refractivity contribution in [3.8, 4) is 0 Å². The molecule has 0 aromatic rings. The number of carbonyl (C=O) groups excluding carboxylic acids is 2.